The smallest absolute Gasteiger partial charge is 0.0331 e. The van der Waals surface area contributed by atoms with Gasteiger partial charge in [-0.2, -0.15) is 30.3 Å². The Morgan fingerprint density at radius 2 is 1.43 bits per heavy atom. The summed E-state index contributed by atoms with van der Waals surface area (Å²) in [5.41, 5.74) is 14.9. The first-order valence-electron chi connectivity index (χ1n) is 7.20. The Balaban J connectivity index is 0.000000412. The molecule has 0 fully saturated rings. The van der Waals surface area contributed by atoms with Crippen LogP contribution in [0, 0.1) is 6.07 Å². The Morgan fingerprint density at radius 1 is 0.870 bits per heavy atom. The molecule has 4 N–H and O–H groups in total. The van der Waals surface area contributed by atoms with Crippen molar-refractivity contribution in [2.45, 2.75) is 13.8 Å². The first-order valence-corrected chi connectivity index (χ1v) is 7.20. The summed E-state index contributed by atoms with van der Waals surface area (Å²) in [6.07, 6.45) is 7.20. The second-order valence-electron chi connectivity index (χ2n) is 4.59. The molecule has 0 saturated heterocycles. The van der Waals surface area contributed by atoms with Crippen LogP contribution >= 0.6 is 0 Å². The van der Waals surface area contributed by atoms with Crippen LogP contribution in [0.3, 0.4) is 0 Å². The zero-order chi connectivity index (χ0) is 16.2. The predicted molar refractivity (Wildman–Crippen MR) is 95.7 cm³/mol. The molecule has 0 heterocycles. The molecule has 23 heavy (non-hydrogen) atoms. The molecule has 2 aromatic rings. The van der Waals surface area contributed by atoms with Crippen molar-refractivity contribution in [3.63, 3.8) is 0 Å². The second-order valence-corrected chi connectivity index (χ2v) is 4.59. The van der Waals surface area contributed by atoms with Gasteiger partial charge in [0.15, 0.2) is 0 Å². The van der Waals surface area contributed by atoms with E-state index in [0.717, 1.165) is 0 Å². The summed E-state index contributed by atoms with van der Waals surface area (Å²) in [5.74, 6) is 0. The van der Waals surface area contributed by atoms with Crippen molar-refractivity contribution in [1.29, 1.82) is 0 Å². The van der Waals surface area contributed by atoms with E-state index in [1.54, 1.807) is 18.2 Å². The maximum Gasteiger partial charge on any atom is 0.0331 e. The fraction of sp³-hybridized carbons (Fsp3) is 0.100. The molecule has 121 valence electrons. The van der Waals surface area contributed by atoms with Gasteiger partial charge in [0.25, 0.3) is 0 Å². The van der Waals surface area contributed by atoms with Gasteiger partial charge in [-0.15, -0.1) is 5.56 Å². The van der Waals surface area contributed by atoms with Crippen LogP contribution in [-0.2, 0) is 20.4 Å². The van der Waals surface area contributed by atoms with Gasteiger partial charge in [-0.1, -0.05) is 42.5 Å². The fourth-order valence-corrected chi connectivity index (χ4v) is 1.73. The Bertz CT molecular complexity index is 592. The molecule has 0 aliphatic carbocycles. The zero-order valence-electron chi connectivity index (χ0n) is 13.5. The molecule has 0 aliphatic heterocycles. The third-order valence-electron chi connectivity index (χ3n) is 2.85. The summed E-state index contributed by atoms with van der Waals surface area (Å²) in [4.78, 5) is 0. The second kappa shape index (κ2) is 12.5. The zero-order valence-corrected chi connectivity index (χ0v) is 16.3. The molecule has 2 nitrogen and oxygen atoms in total. The summed E-state index contributed by atoms with van der Waals surface area (Å²) < 4.78 is 0. The van der Waals surface area contributed by atoms with Gasteiger partial charge >= 0.3 is 0 Å². The van der Waals surface area contributed by atoms with Crippen molar-refractivity contribution in [2.24, 2.45) is 11.5 Å². The molecule has 2 rings (SSSR count). The SMILES string of the molecule is C\C=C/C(N)=C\C(N)=C/C.[Re].[c-]1ccc(-c2ccccc2)cc1. The molecular weight excluding hydrogens is 454 g/mol. The van der Waals surface area contributed by atoms with E-state index in [4.69, 9.17) is 11.5 Å². The van der Waals surface area contributed by atoms with Crippen LogP contribution in [-0.4, -0.2) is 0 Å². The van der Waals surface area contributed by atoms with Gasteiger partial charge in [0.1, 0.15) is 0 Å². The van der Waals surface area contributed by atoms with Crippen molar-refractivity contribution in [3.05, 3.63) is 96.4 Å². The van der Waals surface area contributed by atoms with Crippen molar-refractivity contribution in [2.75, 3.05) is 0 Å². The molecule has 0 spiro atoms. The molecule has 3 heteroatoms. The first kappa shape index (κ1) is 20.9. The fourth-order valence-electron chi connectivity index (χ4n) is 1.73. The van der Waals surface area contributed by atoms with Crippen LogP contribution in [0.15, 0.2) is 90.3 Å². The third-order valence-corrected chi connectivity index (χ3v) is 2.85. The van der Waals surface area contributed by atoms with Gasteiger partial charge in [-0.3, -0.25) is 0 Å². The Labute approximate surface area is 153 Å². The average molecular weight is 478 g/mol. The summed E-state index contributed by atoms with van der Waals surface area (Å²) >= 11 is 0. The van der Waals surface area contributed by atoms with E-state index in [1.807, 2.05) is 50.3 Å². The topological polar surface area (TPSA) is 52.0 Å². The van der Waals surface area contributed by atoms with E-state index >= 15 is 0 Å². The summed E-state index contributed by atoms with van der Waals surface area (Å²) in [5, 5.41) is 0. The normalized spacial score (nSPS) is 11.4. The Morgan fingerprint density at radius 3 is 1.96 bits per heavy atom. The standard InChI is InChI=1S/C12H9.C8H14N2.Re/c1-3-7-11(8-4-1)12-9-5-2-6-10-12;1-3-5-8(10)6-7(9)4-2;/h1,3-10H;3-6H,9-10H2,1-2H3;/q-1;;/b;5-3-,7-4+,8-6+;. The van der Waals surface area contributed by atoms with Crippen LogP contribution in [0.25, 0.3) is 11.1 Å². The van der Waals surface area contributed by atoms with Gasteiger partial charge in [0.2, 0.25) is 0 Å². The van der Waals surface area contributed by atoms with Gasteiger partial charge in [0, 0.05) is 31.8 Å². The van der Waals surface area contributed by atoms with Crippen LogP contribution in [0.1, 0.15) is 13.8 Å². The summed E-state index contributed by atoms with van der Waals surface area (Å²) in [7, 11) is 0. The third kappa shape index (κ3) is 8.83. The molecule has 1 radical (unpaired) electrons. The molecule has 0 saturated carbocycles. The molecule has 0 aliphatic rings. The van der Waals surface area contributed by atoms with Crippen LogP contribution in [0.4, 0.5) is 0 Å². The number of benzene rings is 2. The van der Waals surface area contributed by atoms with Crippen LogP contribution < -0.4 is 11.5 Å². The van der Waals surface area contributed by atoms with E-state index < -0.39 is 0 Å². The number of hydrogen-bond acceptors (Lipinski definition) is 2. The van der Waals surface area contributed by atoms with Crippen molar-refractivity contribution >= 4 is 0 Å². The average Bonchev–Trinajstić information content (AvgIpc) is 2.57. The minimum absolute atomic E-state index is 0. The van der Waals surface area contributed by atoms with Gasteiger partial charge in [0.05, 0.1) is 0 Å². The number of rotatable bonds is 3. The first-order chi connectivity index (χ1) is 10.7. The van der Waals surface area contributed by atoms with Gasteiger partial charge in [-0.05, 0) is 31.6 Å². The van der Waals surface area contributed by atoms with Gasteiger partial charge < -0.3 is 11.5 Å². The molecule has 0 atom stereocenters. The van der Waals surface area contributed by atoms with E-state index in [2.05, 4.69) is 30.3 Å². The molecule has 0 bridgehead atoms. The molecular formula is C20H23N2Re-. The van der Waals surface area contributed by atoms with Crippen molar-refractivity contribution in [1.82, 2.24) is 0 Å². The maximum absolute atomic E-state index is 5.51. The monoisotopic (exact) mass is 478 g/mol. The van der Waals surface area contributed by atoms with Crippen LogP contribution in [0.2, 0.25) is 0 Å². The van der Waals surface area contributed by atoms with E-state index in [9.17, 15) is 0 Å². The van der Waals surface area contributed by atoms with Crippen molar-refractivity contribution in [3.8, 4) is 11.1 Å². The molecule has 0 amide bonds. The van der Waals surface area contributed by atoms with Crippen molar-refractivity contribution < 1.29 is 20.4 Å². The quantitative estimate of drug-likeness (QED) is 0.508. The van der Waals surface area contributed by atoms with Crippen LogP contribution in [0.5, 0.6) is 0 Å². The van der Waals surface area contributed by atoms with E-state index in [1.165, 1.54) is 11.1 Å². The molecule has 0 aromatic heterocycles. The molecule has 2 aromatic carbocycles. The van der Waals surface area contributed by atoms with Gasteiger partial charge in [-0.25, -0.2) is 0 Å². The maximum atomic E-state index is 5.51. The largest absolute Gasteiger partial charge is 0.399 e. The minimum Gasteiger partial charge on any atom is -0.399 e. The summed E-state index contributed by atoms with van der Waals surface area (Å²) in [6.45, 7) is 3.78. The van der Waals surface area contributed by atoms with E-state index in [-0.39, 0.29) is 20.4 Å². The Hall–Kier alpha value is -2.08. The number of nitrogens with two attached hydrogens (primary N) is 2. The number of hydrogen-bond donors (Lipinski definition) is 2. The number of allylic oxidation sites excluding steroid dienone is 4. The molecule has 0 unspecified atom stereocenters. The minimum atomic E-state index is 0. The summed E-state index contributed by atoms with van der Waals surface area (Å²) in [6, 6.07) is 21.3. The van der Waals surface area contributed by atoms with E-state index in [0.29, 0.717) is 11.4 Å². The Kier molecular flexibility index (Phi) is 11.3. The predicted octanol–water partition coefficient (Wildman–Crippen LogP) is 4.42.